The van der Waals surface area contributed by atoms with Crippen molar-refractivity contribution in [1.82, 2.24) is 20.3 Å². The maximum Gasteiger partial charge on any atom is 0.435 e. The van der Waals surface area contributed by atoms with Crippen molar-refractivity contribution < 1.29 is 31.8 Å². The molecule has 3 aromatic rings. The largest absolute Gasteiger partial charge is 0.493 e. The lowest BCUT2D eigenvalue weighted by Crippen LogP contribution is -2.29. The number of hydrogen-bond acceptors (Lipinski definition) is 5. The lowest BCUT2D eigenvalue weighted by atomic mass is 10.1. The van der Waals surface area contributed by atoms with Gasteiger partial charge in [0, 0.05) is 0 Å². The van der Waals surface area contributed by atoms with Crippen LogP contribution in [-0.4, -0.2) is 34.1 Å². The lowest BCUT2D eigenvalue weighted by molar-refractivity contribution is -0.143. The molecule has 176 valence electrons. The Balaban J connectivity index is 1.89. The van der Waals surface area contributed by atoms with Crippen LogP contribution in [0.25, 0.3) is 5.69 Å². The SMILES string of the molecule is COc1cc(C(C)NC(=O)c2nnn(-c3ccc(F)cc3)c2C(F)(F)F)ccc1OC(C)C. The number of ether oxygens (including phenoxy) is 2. The molecule has 1 amide bonds. The summed E-state index contributed by atoms with van der Waals surface area (Å²) in [5.74, 6) is -0.777. The number of carbonyl (C=O) groups excluding carboxylic acids is 1. The van der Waals surface area contributed by atoms with Gasteiger partial charge < -0.3 is 14.8 Å². The number of alkyl halides is 3. The van der Waals surface area contributed by atoms with Crippen molar-refractivity contribution >= 4 is 5.91 Å². The average molecular weight is 466 g/mol. The number of nitrogens with zero attached hydrogens (tertiary/aromatic N) is 3. The van der Waals surface area contributed by atoms with Gasteiger partial charge in [-0.25, -0.2) is 9.07 Å². The molecule has 0 radical (unpaired) electrons. The van der Waals surface area contributed by atoms with E-state index in [0.717, 1.165) is 24.3 Å². The van der Waals surface area contributed by atoms with E-state index in [0.29, 0.717) is 21.7 Å². The number of nitrogens with one attached hydrogen (secondary N) is 1. The van der Waals surface area contributed by atoms with Crippen molar-refractivity contribution in [1.29, 1.82) is 0 Å². The zero-order valence-corrected chi connectivity index (χ0v) is 18.3. The standard InChI is InChI=1S/C22H22F4N4O3/c1-12(2)33-17-10-5-14(11-18(17)32-4)13(3)27-21(31)19-20(22(24,25)26)30(29-28-19)16-8-6-15(23)7-9-16/h5-13H,1-4H3,(H,27,31). The molecule has 0 aliphatic carbocycles. The lowest BCUT2D eigenvalue weighted by Gasteiger charge is -2.18. The molecule has 0 saturated heterocycles. The smallest absolute Gasteiger partial charge is 0.435 e. The Morgan fingerprint density at radius 3 is 2.30 bits per heavy atom. The van der Waals surface area contributed by atoms with E-state index in [1.165, 1.54) is 7.11 Å². The van der Waals surface area contributed by atoms with E-state index in [1.807, 2.05) is 13.8 Å². The van der Waals surface area contributed by atoms with Gasteiger partial charge in [0.25, 0.3) is 5.91 Å². The molecule has 0 spiro atoms. The Morgan fingerprint density at radius 2 is 1.73 bits per heavy atom. The normalized spacial score (nSPS) is 12.5. The minimum absolute atomic E-state index is 0.0891. The second-order valence-corrected chi connectivity index (χ2v) is 7.44. The van der Waals surface area contributed by atoms with Crippen LogP contribution in [0.1, 0.15) is 48.6 Å². The molecule has 0 bridgehead atoms. The molecule has 1 N–H and O–H groups in total. The molecular weight excluding hydrogens is 444 g/mol. The average Bonchev–Trinajstić information content (AvgIpc) is 3.20. The number of amides is 1. The fraction of sp³-hybridized carbons (Fsp3) is 0.318. The number of benzene rings is 2. The second kappa shape index (κ2) is 9.47. The van der Waals surface area contributed by atoms with E-state index in [2.05, 4.69) is 15.6 Å². The van der Waals surface area contributed by atoms with Gasteiger partial charge in [-0.2, -0.15) is 13.2 Å². The molecule has 0 fully saturated rings. The molecule has 0 aliphatic rings. The summed E-state index contributed by atoms with van der Waals surface area (Å²) < 4.78 is 66.0. The van der Waals surface area contributed by atoms with Crippen LogP contribution < -0.4 is 14.8 Å². The highest BCUT2D eigenvalue weighted by Gasteiger charge is 2.42. The number of halogens is 4. The van der Waals surface area contributed by atoms with Crippen molar-refractivity contribution in [2.45, 2.75) is 39.1 Å². The third-order valence-electron chi connectivity index (χ3n) is 4.62. The number of aromatic nitrogens is 3. The monoisotopic (exact) mass is 466 g/mol. The topological polar surface area (TPSA) is 78.3 Å². The van der Waals surface area contributed by atoms with Crippen molar-refractivity contribution in [3.05, 3.63) is 65.2 Å². The van der Waals surface area contributed by atoms with E-state index in [1.54, 1.807) is 25.1 Å². The van der Waals surface area contributed by atoms with Gasteiger partial charge in [-0.05, 0) is 62.7 Å². The number of methoxy groups -OCH3 is 1. The molecule has 11 heteroatoms. The molecule has 3 rings (SSSR count). The van der Waals surface area contributed by atoms with E-state index >= 15 is 0 Å². The van der Waals surface area contributed by atoms with E-state index in [4.69, 9.17) is 9.47 Å². The molecule has 33 heavy (non-hydrogen) atoms. The molecule has 1 aromatic heterocycles. The molecule has 0 aliphatic heterocycles. The van der Waals surface area contributed by atoms with Crippen LogP contribution in [0.3, 0.4) is 0 Å². The summed E-state index contributed by atoms with van der Waals surface area (Å²) in [5.41, 5.74) is -1.77. The van der Waals surface area contributed by atoms with E-state index < -0.39 is 35.3 Å². The maximum absolute atomic E-state index is 13.8. The highest BCUT2D eigenvalue weighted by Crippen LogP contribution is 2.34. The first-order chi connectivity index (χ1) is 15.5. The number of carbonyl (C=O) groups is 1. The van der Waals surface area contributed by atoms with Crippen molar-refractivity contribution in [2.24, 2.45) is 0 Å². The summed E-state index contributed by atoms with van der Waals surface area (Å²) in [6.07, 6.45) is -5.03. The van der Waals surface area contributed by atoms with Crippen LogP contribution in [0.15, 0.2) is 42.5 Å². The highest BCUT2D eigenvalue weighted by atomic mass is 19.4. The van der Waals surface area contributed by atoms with Gasteiger partial charge >= 0.3 is 6.18 Å². The maximum atomic E-state index is 13.8. The van der Waals surface area contributed by atoms with Crippen LogP contribution in [0.5, 0.6) is 11.5 Å². The zero-order chi connectivity index (χ0) is 24.3. The Morgan fingerprint density at radius 1 is 1.06 bits per heavy atom. The predicted octanol–water partition coefficient (Wildman–Crippen LogP) is 4.71. The fourth-order valence-electron chi connectivity index (χ4n) is 3.11. The molecule has 1 unspecified atom stereocenters. The Labute approximate surface area is 187 Å². The first-order valence-corrected chi connectivity index (χ1v) is 9.95. The van der Waals surface area contributed by atoms with Crippen LogP contribution >= 0.6 is 0 Å². The molecule has 2 aromatic carbocycles. The Bertz CT molecular complexity index is 1130. The van der Waals surface area contributed by atoms with Gasteiger partial charge in [0.2, 0.25) is 0 Å². The summed E-state index contributed by atoms with van der Waals surface area (Å²) in [4.78, 5) is 12.7. The van der Waals surface area contributed by atoms with Gasteiger partial charge in [-0.1, -0.05) is 11.3 Å². The predicted molar refractivity (Wildman–Crippen MR) is 111 cm³/mol. The third-order valence-corrected chi connectivity index (χ3v) is 4.62. The second-order valence-electron chi connectivity index (χ2n) is 7.44. The van der Waals surface area contributed by atoms with Gasteiger partial charge in [-0.3, -0.25) is 4.79 Å². The molecular formula is C22H22F4N4O3. The Hall–Kier alpha value is -3.63. The summed E-state index contributed by atoms with van der Waals surface area (Å²) in [7, 11) is 1.46. The first-order valence-electron chi connectivity index (χ1n) is 9.95. The van der Waals surface area contributed by atoms with Crippen molar-refractivity contribution in [2.75, 3.05) is 7.11 Å². The first kappa shape index (κ1) is 24.0. The van der Waals surface area contributed by atoms with E-state index in [9.17, 15) is 22.4 Å². The van der Waals surface area contributed by atoms with Crippen LogP contribution in [0.2, 0.25) is 0 Å². The van der Waals surface area contributed by atoms with Gasteiger partial charge in [-0.15, -0.1) is 5.10 Å². The minimum Gasteiger partial charge on any atom is -0.493 e. The van der Waals surface area contributed by atoms with Crippen LogP contribution in [0.4, 0.5) is 17.6 Å². The van der Waals surface area contributed by atoms with Crippen LogP contribution in [0, 0.1) is 5.82 Å². The fourth-order valence-corrected chi connectivity index (χ4v) is 3.11. The quantitative estimate of drug-likeness (QED) is 0.510. The number of rotatable bonds is 7. The van der Waals surface area contributed by atoms with Gasteiger partial charge in [0.15, 0.2) is 22.9 Å². The summed E-state index contributed by atoms with van der Waals surface area (Å²) in [6, 6.07) is 8.46. The number of hydrogen-bond donors (Lipinski definition) is 1. The van der Waals surface area contributed by atoms with Gasteiger partial charge in [0.05, 0.1) is 24.9 Å². The molecule has 0 saturated carbocycles. The Kier molecular flexibility index (Phi) is 6.89. The minimum atomic E-state index is -4.94. The molecule has 1 atom stereocenters. The zero-order valence-electron chi connectivity index (χ0n) is 18.3. The summed E-state index contributed by atoms with van der Waals surface area (Å²) in [5, 5.41) is 9.43. The van der Waals surface area contributed by atoms with Gasteiger partial charge in [0.1, 0.15) is 5.82 Å². The molecule has 7 nitrogen and oxygen atoms in total. The molecule has 1 heterocycles. The van der Waals surface area contributed by atoms with Crippen LogP contribution in [-0.2, 0) is 6.18 Å². The summed E-state index contributed by atoms with van der Waals surface area (Å²) >= 11 is 0. The van der Waals surface area contributed by atoms with Crippen molar-refractivity contribution in [3.63, 3.8) is 0 Å². The van der Waals surface area contributed by atoms with E-state index in [-0.39, 0.29) is 11.8 Å². The highest BCUT2D eigenvalue weighted by molar-refractivity contribution is 5.93. The van der Waals surface area contributed by atoms with Crippen molar-refractivity contribution in [3.8, 4) is 17.2 Å². The third kappa shape index (κ3) is 5.41. The summed E-state index contributed by atoms with van der Waals surface area (Å²) in [6.45, 7) is 5.31.